The van der Waals surface area contributed by atoms with Crippen LogP contribution in [0.3, 0.4) is 0 Å². The monoisotopic (exact) mass is 645 g/mol. The minimum Gasteiger partial charge on any atom is -0.480 e. The molecule has 45 heavy (non-hydrogen) atoms. The maximum Gasteiger partial charge on any atom is 0.237 e. The molecule has 0 atom stereocenters. The van der Waals surface area contributed by atoms with Crippen molar-refractivity contribution in [1.29, 1.82) is 0 Å². The number of pyridine rings is 1. The van der Waals surface area contributed by atoms with Crippen LogP contribution in [0, 0.1) is 6.92 Å². The number of β-amino-alcohol motifs (C(OH)–C–C–N with tert-alkyl or cyclic N) is 1. The van der Waals surface area contributed by atoms with Gasteiger partial charge in [-0.2, -0.15) is 0 Å². The number of ether oxygens (including phenoxy) is 1. The topological polar surface area (TPSA) is 91.7 Å². The first-order chi connectivity index (χ1) is 21.7. The Hall–Kier alpha value is -3.40. The summed E-state index contributed by atoms with van der Waals surface area (Å²) in [5.74, 6) is 0.348. The van der Waals surface area contributed by atoms with Gasteiger partial charge in [0.05, 0.1) is 40.8 Å². The Morgan fingerprint density at radius 2 is 1.78 bits per heavy atom. The van der Waals surface area contributed by atoms with Crippen LogP contribution in [0.1, 0.15) is 51.9 Å². The van der Waals surface area contributed by atoms with Crippen molar-refractivity contribution in [2.24, 2.45) is 0 Å². The fraction of sp³-hybridized carbons (Fsp3) is 0.371. The zero-order chi connectivity index (χ0) is 31.7. The molecule has 0 bridgehead atoms. The number of fused-ring (bicyclic) bond motifs is 1. The molecule has 4 aromatic rings. The number of carbonyl (C=O) groups is 1. The van der Waals surface area contributed by atoms with Crippen LogP contribution in [0.25, 0.3) is 22.4 Å². The Balaban J connectivity index is 1.25. The van der Waals surface area contributed by atoms with Crippen LogP contribution in [0.2, 0.25) is 10.0 Å². The average Bonchev–Trinajstić information content (AvgIpc) is 3.02. The summed E-state index contributed by atoms with van der Waals surface area (Å²) in [6, 6.07) is 13.3. The molecule has 0 saturated carbocycles. The summed E-state index contributed by atoms with van der Waals surface area (Å²) in [4.78, 5) is 32.2. The number of carbonyl (C=O) groups excluding carboxylic acids is 1. The van der Waals surface area contributed by atoms with E-state index < -0.39 is 0 Å². The number of hydrogen-bond acceptors (Lipinski definition) is 8. The molecule has 0 spiro atoms. The lowest BCUT2D eigenvalue weighted by atomic mass is 9.95. The number of nitrogens with zero attached hydrogens (tertiary/aromatic N) is 5. The third-order valence-electron chi connectivity index (χ3n) is 8.62. The van der Waals surface area contributed by atoms with E-state index in [1.54, 1.807) is 13.3 Å². The van der Waals surface area contributed by atoms with Crippen LogP contribution >= 0.6 is 23.2 Å². The van der Waals surface area contributed by atoms with Gasteiger partial charge in [-0.05, 0) is 49.1 Å². The molecule has 2 aliphatic rings. The number of benzene rings is 2. The molecular formula is C35H37Cl2N5O3. The Morgan fingerprint density at radius 3 is 2.51 bits per heavy atom. The van der Waals surface area contributed by atoms with Crippen molar-refractivity contribution in [3.05, 3.63) is 92.5 Å². The fourth-order valence-corrected chi connectivity index (χ4v) is 6.88. The maximum absolute atomic E-state index is 13.6. The second-order valence-electron chi connectivity index (χ2n) is 11.9. The van der Waals surface area contributed by atoms with Crippen LogP contribution in [0.4, 0.5) is 0 Å². The first-order valence-corrected chi connectivity index (χ1v) is 16.1. The molecule has 10 heteroatoms. The molecule has 8 nitrogen and oxygen atoms in total. The second-order valence-corrected chi connectivity index (χ2v) is 12.6. The van der Waals surface area contributed by atoms with Crippen LogP contribution in [0.5, 0.6) is 5.88 Å². The summed E-state index contributed by atoms with van der Waals surface area (Å²) in [5, 5.41) is 10.6. The first kappa shape index (κ1) is 31.6. The molecule has 0 radical (unpaired) electrons. The fourth-order valence-electron chi connectivity index (χ4n) is 6.26. The van der Waals surface area contributed by atoms with Crippen LogP contribution in [-0.4, -0.2) is 75.0 Å². The smallest absolute Gasteiger partial charge is 0.237 e. The lowest BCUT2D eigenvalue weighted by Gasteiger charge is -2.35. The zero-order valence-electron chi connectivity index (χ0n) is 25.8. The van der Waals surface area contributed by atoms with Gasteiger partial charge in [-0.25, -0.2) is 9.97 Å². The second kappa shape index (κ2) is 13.5. The number of likely N-dealkylation sites (tertiary alicyclic amines) is 1. The normalized spacial score (nSPS) is 15.5. The molecule has 1 fully saturated rings. The van der Waals surface area contributed by atoms with Gasteiger partial charge < -0.3 is 9.84 Å². The summed E-state index contributed by atoms with van der Waals surface area (Å²) in [6.07, 6.45) is 3.57. The van der Waals surface area contributed by atoms with Gasteiger partial charge in [-0.15, -0.1) is 0 Å². The van der Waals surface area contributed by atoms with E-state index in [4.69, 9.17) is 37.9 Å². The first-order valence-electron chi connectivity index (χ1n) is 15.4. The third kappa shape index (κ3) is 6.62. The molecule has 0 aliphatic carbocycles. The van der Waals surface area contributed by atoms with E-state index in [0.29, 0.717) is 63.8 Å². The number of aliphatic hydroxyl groups is 1. The number of methoxy groups -OCH3 is 1. The largest absolute Gasteiger partial charge is 0.480 e. The maximum atomic E-state index is 13.6. The summed E-state index contributed by atoms with van der Waals surface area (Å²) in [6.45, 7) is 8.83. The SMILES string of the molecule is CCCN1CCc2c(C)cc(C(=O)Cc3cccc(-c4cccc(-c5cnc(CN6CC(O)C6)c(OC)n5)c4Cl)c3Cl)nc2C1. The Morgan fingerprint density at radius 1 is 1.04 bits per heavy atom. The lowest BCUT2D eigenvalue weighted by Crippen LogP contribution is -2.50. The molecule has 4 heterocycles. The number of Topliss-reactive ketones (excluding diaryl/α,β-unsaturated/α-hetero) is 1. The van der Waals surface area contributed by atoms with Crippen LogP contribution in [-0.2, 0) is 25.9 Å². The Labute approximate surface area is 274 Å². The molecule has 0 unspecified atom stereocenters. The van der Waals surface area contributed by atoms with Gasteiger partial charge in [-0.1, -0.05) is 66.5 Å². The number of aliphatic hydroxyl groups excluding tert-OH is 1. The summed E-state index contributed by atoms with van der Waals surface area (Å²) >= 11 is 14.0. The van der Waals surface area contributed by atoms with Gasteiger partial charge in [0.1, 0.15) is 11.4 Å². The van der Waals surface area contributed by atoms with Crippen molar-refractivity contribution in [2.45, 2.75) is 52.3 Å². The van der Waals surface area contributed by atoms with Crippen molar-refractivity contribution in [1.82, 2.24) is 24.8 Å². The minimum atomic E-state index is -0.297. The number of rotatable bonds is 10. The van der Waals surface area contributed by atoms with Crippen molar-refractivity contribution in [2.75, 3.05) is 33.3 Å². The number of hydrogen-bond donors (Lipinski definition) is 1. The van der Waals surface area contributed by atoms with Crippen LogP contribution in [0.15, 0.2) is 48.7 Å². The van der Waals surface area contributed by atoms with E-state index in [9.17, 15) is 9.90 Å². The van der Waals surface area contributed by atoms with Crippen molar-refractivity contribution in [3.8, 4) is 28.3 Å². The number of aromatic nitrogens is 3. The highest BCUT2D eigenvalue weighted by molar-refractivity contribution is 6.38. The highest BCUT2D eigenvalue weighted by Crippen LogP contribution is 2.40. The average molecular weight is 647 g/mol. The standard InChI is InChI=1S/C35H37Cl2N5O3/c1-4-12-41-13-11-24-21(2)14-28(39-30(24)19-41)32(44)15-22-7-5-8-25(33(22)36)26-9-6-10-27(34(26)37)29-16-38-31(35(40-29)45-3)20-42-17-23(43)18-42/h5-10,14,16,23,43H,4,11-13,15,17-20H2,1-3H3. The minimum absolute atomic E-state index is 0.0670. The predicted octanol–water partition coefficient (Wildman–Crippen LogP) is 6.20. The molecule has 0 amide bonds. The quantitative estimate of drug-likeness (QED) is 0.204. The molecule has 1 saturated heterocycles. The molecule has 6 rings (SSSR count). The summed E-state index contributed by atoms with van der Waals surface area (Å²) in [5.41, 5.74) is 8.00. The van der Waals surface area contributed by atoms with E-state index in [1.165, 1.54) is 5.56 Å². The van der Waals surface area contributed by atoms with E-state index in [0.717, 1.165) is 54.9 Å². The van der Waals surface area contributed by atoms with Gasteiger partial charge in [0.15, 0.2) is 5.78 Å². The number of ketones is 1. The highest BCUT2D eigenvalue weighted by Gasteiger charge is 2.27. The van der Waals surface area contributed by atoms with Crippen molar-refractivity contribution in [3.63, 3.8) is 0 Å². The van der Waals surface area contributed by atoms with E-state index in [-0.39, 0.29) is 18.3 Å². The summed E-state index contributed by atoms with van der Waals surface area (Å²) in [7, 11) is 1.56. The number of aryl methyl sites for hydroxylation is 1. The van der Waals surface area contributed by atoms with Crippen molar-refractivity contribution < 1.29 is 14.6 Å². The van der Waals surface area contributed by atoms with Crippen molar-refractivity contribution >= 4 is 29.0 Å². The van der Waals surface area contributed by atoms with E-state index >= 15 is 0 Å². The van der Waals surface area contributed by atoms with Gasteiger partial charge >= 0.3 is 0 Å². The Kier molecular flexibility index (Phi) is 9.49. The molecule has 234 valence electrons. The van der Waals surface area contributed by atoms with Gasteiger partial charge in [0, 0.05) is 55.8 Å². The lowest BCUT2D eigenvalue weighted by molar-refractivity contribution is -0.00403. The molecule has 2 aromatic carbocycles. The van der Waals surface area contributed by atoms with Gasteiger partial charge in [0.25, 0.3) is 0 Å². The predicted molar refractivity (Wildman–Crippen MR) is 177 cm³/mol. The molecular weight excluding hydrogens is 609 g/mol. The van der Waals surface area contributed by atoms with E-state index in [1.807, 2.05) is 42.5 Å². The third-order valence-corrected chi connectivity index (χ3v) is 9.47. The van der Waals surface area contributed by atoms with E-state index in [2.05, 4.69) is 28.6 Å². The highest BCUT2D eigenvalue weighted by atomic mass is 35.5. The molecule has 1 N–H and O–H groups in total. The molecule has 2 aliphatic heterocycles. The molecule has 2 aromatic heterocycles. The van der Waals surface area contributed by atoms with Gasteiger partial charge in [-0.3, -0.25) is 19.6 Å². The zero-order valence-corrected chi connectivity index (χ0v) is 27.3. The van der Waals surface area contributed by atoms with Gasteiger partial charge in [0.2, 0.25) is 5.88 Å². The van der Waals surface area contributed by atoms with Crippen LogP contribution < -0.4 is 4.74 Å². The Bertz CT molecular complexity index is 1740. The summed E-state index contributed by atoms with van der Waals surface area (Å²) < 4.78 is 5.55. The number of halogens is 2.